The molecule has 0 saturated carbocycles. The Morgan fingerprint density at radius 1 is 1.12 bits per heavy atom. The number of hydrogen-bond acceptors (Lipinski definition) is 8. The number of benzene rings is 2. The lowest BCUT2D eigenvalue weighted by Gasteiger charge is -2.14. The molecule has 32 heavy (non-hydrogen) atoms. The minimum atomic E-state index is -4.26. The number of anilines is 1. The van der Waals surface area contributed by atoms with Crippen molar-refractivity contribution in [3.05, 3.63) is 54.1 Å². The lowest BCUT2D eigenvalue weighted by Crippen LogP contribution is -2.16. The highest BCUT2D eigenvalue weighted by atomic mass is 32.2. The minimum absolute atomic E-state index is 0.0339. The van der Waals surface area contributed by atoms with Crippen molar-refractivity contribution in [3.8, 4) is 17.2 Å². The van der Waals surface area contributed by atoms with Gasteiger partial charge in [-0.1, -0.05) is 11.2 Å². The van der Waals surface area contributed by atoms with E-state index in [1.54, 1.807) is 24.5 Å². The van der Waals surface area contributed by atoms with Gasteiger partial charge >= 0.3 is 0 Å². The van der Waals surface area contributed by atoms with Crippen LogP contribution in [-0.2, 0) is 16.6 Å². The van der Waals surface area contributed by atoms with Crippen LogP contribution in [0.1, 0.15) is 5.56 Å². The molecule has 4 rings (SSSR count). The predicted molar refractivity (Wildman–Crippen MR) is 112 cm³/mol. The summed E-state index contributed by atoms with van der Waals surface area (Å²) in [5.41, 5.74) is 0.366. The minimum Gasteiger partial charge on any atom is -0.495 e. The fourth-order valence-electron chi connectivity index (χ4n) is 3.30. The molecule has 168 valence electrons. The van der Waals surface area contributed by atoms with Crippen molar-refractivity contribution in [2.75, 3.05) is 26.1 Å². The Labute approximate surface area is 182 Å². The van der Waals surface area contributed by atoms with Gasteiger partial charge in [-0.3, -0.25) is 9.40 Å². The summed E-state index contributed by atoms with van der Waals surface area (Å²) in [6, 6.07) is 7.66. The number of halogens is 1. The maximum Gasteiger partial charge on any atom is 0.270 e. The molecule has 12 heteroatoms. The van der Waals surface area contributed by atoms with E-state index in [9.17, 15) is 8.42 Å². The molecule has 2 heterocycles. The molecule has 1 N–H and O–H groups in total. The van der Waals surface area contributed by atoms with E-state index >= 15 is 4.39 Å². The maximum atomic E-state index is 15.2. The van der Waals surface area contributed by atoms with Gasteiger partial charge in [0.05, 0.1) is 27.9 Å². The van der Waals surface area contributed by atoms with Crippen molar-refractivity contribution in [1.82, 2.24) is 14.9 Å². The monoisotopic (exact) mass is 462 g/mol. The number of hydrogen-bond donors (Lipinski definition) is 1. The quantitative estimate of drug-likeness (QED) is 0.425. The van der Waals surface area contributed by atoms with Crippen molar-refractivity contribution in [3.63, 3.8) is 0 Å². The summed E-state index contributed by atoms with van der Waals surface area (Å²) in [5, 5.41) is 7.88. The molecule has 0 aliphatic heterocycles. The van der Waals surface area contributed by atoms with Crippen molar-refractivity contribution < 1.29 is 31.5 Å². The van der Waals surface area contributed by atoms with Crippen LogP contribution >= 0.6 is 0 Å². The zero-order valence-electron chi connectivity index (χ0n) is 17.3. The molecular formula is C20H19FN4O6S. The largest absolute Gasteiger partial charge is 0.495 e. The number of nitrogens with one attached hydrogen (secondary N) is 1. The third-order valence-electron chi connectivity index (χ3n) is 4.71. The van der Waals surface area contributed by atoms with Crippen LogP contribution in [0.2, 0.25) is 0 Å². The van der Waals surface area contributed by atoms with Crippen LogP contribution in [0, 0.1) is 5.82 Å². The molecule has 4 aromatic rings. The van der Waals surface area contributed by atoms with Gasteiger partial charge in [0.1, 0.15) is 16.9 Å². The highest BCUT2D eigenvalue weighted by Crippen LogP contribution is 2.39. The Bertz CT molecular complexity index is 1350. The van der Waals surface area contributed by atoms with Gasteiger partial charge in [-0.15, -0.1) is 0 Å². The van der Waals surface area contributed by atoms with Gasteiger partial charge < -0.3 is 18.7 Å². The zero-order chi connectivity index (χ0) is 22.9. The fourth-order valence-corrected chi connectivity index (χ4v) is 4.63. The van der Waals surface area contributed by atoms with Crippen LogP contribution in [0.15, 0.2) is 52.1 Å². The molecule has 10 nitrogen and oxygen atoms in total. The number of aromatic nitrogens is 3. The predicted octanol–water partition coefficient (Wildman–Crippen LogP) is 3.04. The average Bonchev–Trinajstić information content (AvgIpc) is 3.43. The van der Waals surface area contributed by atoms with E-state index in [0.717, 1.165) is 0 Å². The van der Waals surface area contributed by atoms with Crippen LogP contribution in [0.4, 0.5) is 10.2 Å². The van der Waals surface area contributed by atoms with E-state index in [4.69, 9.17) is 18.7 Å². The van der Waals surface area contributed by atoms with Crippen molar-refractivity contribution in [1.29, 1.82) is 0 Å². The first-order valence-electron chi connectivity index (χ1n) is 9.25. The number of nitrogens with zero attached hydrogens (tertiary/aromatic N) is 3. The lowest BCUT2D eigenvalue weighted by molar-refractivity contribution is 0.373. The summed E-state index contributed by atoms with van der Waals surface area (Å²) in [5.74, 6) is -1.02. The molecule has 2 aromatic heterocycles. The van der Waals surface area contributed by atoms with E-state index in [-0.39, 0.29) is 51.0 Å². The van der Waals surface area contributed by atoms with Gasteiger partial charge in [0.15, 0.2) is 27.9 Å². The third-order valence-corrected chi connectivity index (χ3v) is 6.11. The summed E-state index contributed by atoms with van der Waals surface area (Å²) in [4.78, 5) is -0.240. The molecule has 0 aliphatic carbocycles. The number of rotatable bonds is 8. The van der Waals surface area contributed by atoms with Gasteiger partial charge in [-0.2, -0.15) is 5.10 Å². The Kier molecular flexibility index (Phi) is 5.61. The van der Waals surface area contributed by atoms with E-state index in [0.29, 0.717) is 0 Å². The molecule has 0 amide bonds. The van der Waals surface area contributed by atoms with Gasteiger partial charge in [-0.05, 0) is 24.3 Å². The van der Waals surface area contributed by atoms with Crippen LogP contribution < -0.4 is 18.9 Å². The first-order valence-corrected chi connectivity index (χ1v) is 10.7. The molecule has 0 saturated heterocycles. The van der Waals surface area contributed by atoms with Crippen LogP contribution in [0.3, 0.4) is 0 Å². The summed E-state index contributed by atoms with van der Waals surface area (Å²) >= 11 is 0. The number of methoxy groups -OCH3 is 3. The Morgan fingerprint density at radius 2 is 1.84 bits per heavy atom. The van der Waals surface area contributed by atoms with E-state index in [1.807, 2.05) is 0 Å². The molecule has 0 fully saturated rings. The molecule has 0 unspecified atom stereocenters. The smallest absolute Gasteiger partial charge is 0.270 e. The average molecular weight is 462 g/mol. The van der Waals surface area contributed by atoms with Crippen molar-refractivity contribution in [2.45, 2.75) is 11.4 Å². The SMILES string of the molecule is COc1cccc(OC)c1S(=O)(=O)Nc1noc2cc(Cn3cccn3)c(F)c(OC)c12. The maximum absolute atomic E-state index is 15.2. The fraction of sp³-hybridized carbons (Fsp3) is 0.200. The number of sulfonamides is 1. The van der Waals surface area contributed by atoms with E-state index in [1.165, 1.54) is 44.2 Å². The molecule has 0 bridgehead atoms. The van der Waals surface area contributed by atoms with Gasteiger partial charge in [0.2, 0.25) is 0 Å². The molecule has 2 aromatic carbocycles. The highest BCUT2D eigenvalue weighted by Gasteiger charge is 2.29. The van der Waals surface area contributed by atoms with Gasteiger partial charge in [-0.25, -0.2) is 12.8 Å². The topological polar surface area (TPSA) is 118 Å². The molecule has 0 radical (unpaired) electrons. The lowest BCUT2D eigenvalue weighted by atomic mass is 10.1. The molecule has 0 spiro atoms. The first kappa shape index (κ1) is 21.4. The Hall–Kier alpha value is -3.80. The number of fused-ring (bicyclic) bond motifs is 1. The summed E-state index contributed by atoms with van der Waals surface area (Å²) in [6.07, 6.45) is 3.25. The highest BCUT2D eigenvalue weighted by molar-refractivity contribution is 7.93. The standard InChI is InChI=1S/C20H19FN4O6S/c1-28-13-6-4-7-14(29-2)19(13)32(26,27)24-20-16-15(31-23-20)10-12(17(21)18(16)30-3)11-25-9-5-8-22-25/h4-10H,11H2,1-3H3,(H,23,24). The first-order chi connectivity index (χ1) is 15.4. The number of ether oxygens (including phenoxy) is 3. The third kappa shape index (κ3) is 3.68. The van der Waals surface area contributed by atoms with Crippen LogP contribution in [0.25, 0.3) is 11.0 Å². The molecular weight excluding hydrogens is 443 g/mol. The Morgan fingerprint density at radius 3 is 2.44 bits per heavy atom. The summed E-state index contributed by atoms with van der Waals surface area (Å²) in [7, 11) is -0.332. The van der Waals surface area contributed by atoms with E-state index in [2.05, 4.69) is 15.0 Å². The molecule has 0 aliphatic rings. The molecule has 0 atom stereocenters. The second-order valence-corrected chi connectivity index (χ2v) is 8.21. The Balaban J connectivity index is 1.80. The second-order valence-electron chi connectivity index (χ2n) is 6.59. The summed E-state index contributed by atoms with van der Waals surface area (Å²) < 4.78 is 66.2. The van der Waals surface area contributed by atoms with Crippen molar-refractivity contribution in [2.24, 2.45) is 0 Å². The second kappa shape index (κ2) is 8.38. The normalized spacial score (nSPS) is 11.5. The van der Waals surface area contributed by atoms with Gasteiger partial charge in [0.25, 0.3) is 10.0 Å². The zero-order valence-corrected chi connectivity index (χ0v) is 18.1. The van der Waals surface area contributed by atoms with Crippen LogP contribution in [-0.4, -0.2) is 44.7 Å². The summed E-state index contributed by atoms with van der Waals surface area (Å²) in [6.45, 7) is 0.116. The van der Waals surface area contributed by atoms with Gasteiger partial charge in [0, 0.05) is 18.0 Å². The van der Waals surface area contributed by atoms with Crippen molar-refractivity contribution >= 4 is 26.8 Å². The van der Waals surface area contributed by atoms with Crippen LogP contribution in [0.5, 0.6) is 17.2 Å². The van der Waals surface area contributed by atoms with E-state index < -0.39 is 15.8 Å².